The fourth-order valence-corrected chi connectivity index (χ4v) is 1.81. The molecule has 1 atom stereocenters. The van der Waals surface area contributed by atoms with E-state index in [0.717, 1.165) is 31.2 Å². The van der Waals surface area contributed by atoms with Gasteiger partial charge in [0.15, 0.2) is 0 Å². The number of hydrogen-bond donors (Lipinski definition) is 1. The van der Waals surface area contributed by atoms with Crippen LogP contribution in [0, 0.1) is 0 Å². The number of rotatable bonds is 3. The molecule has 1 aromatic rings. The molecule has 0 saturated carbocycles. The van der Waals surface area contributed by atoms with Crippen molar-refractivity contribution in [1.82, 2.24) is 10.3 Å². The van der Waals surface area contributed by atoms with Crippen molar-refractivity contribution >= 4 is 5.91 Å². The number of ether oxygens (including phenoxy) is 1. The number of amides is 1. The molecule has 1 amide bonds. The lowest BCUT2D eigenvalue weighted by Crippen LogP contribution is -2.31. The molecule has 0 unspecified atom stereocenters. The predicted octanol–water partition coefficient (Wildman–Crippen LogP) is 2.01. The van der Waals surface area contributed by atoms with Gasteiger partial charge in [-0.3, -0.25) is 9.78 Å². The van der Waals surface area contributed by atoms with Gasteiger partial charge in [-0.2, -0.15) is 13.2 Å². The first-order valence-electron chi connectivity index (χ1n) is 5.90. The third-order valence-corrected chi connectivity index (χ3v) is 2.83. The van der Waals surface area contributed by atoms with Gasteiger partial charge in [-0.05, 0) is 25.0 Å². The van der Waals surface area contributed by atoms with E-state index in [0.29, 0.717) is 13.2 Å². The highest BCUT2D eigenvalue weighted by atomic mass is 19.4. The average Bonchev–Trinajstić information content (AvgIpc) is 2.88. The molecule has 2 rings (SSSR count). The molecule has 0 aromatic carbocycles. The Kier molecular flexibility index (Phi) is 4.04. The van der Waals surface area contributed by atoms with Crippen LogP contribution >= 0.6 is 0 Å². The van der Waals surface area contributed by atoms with Crippen LogP contribution in [-0.4, -0.2) is 30.1 Å². The van der Waals surface area contributed by atoms with E-state index in [2.05, 4.69) is 10.3 Å². The van der Waals surface area contributed by atoms with E-state index >= 15 is 0 Å². The summed E-state index contributed by atoms with van der Waals surface area (Å²) in [5.74, 6) is -0.447. The minimum Gasteiger partial charge on any atom is -0.376 e. The minimum atomic E-state index is -4.49. The van der Waals surface area contributed by atoms with Crippen molar-refractivity contribution in [2.45, 2.75) is 25.1 Å². The maximum atomic E-state index is 12.3. The SMILES string of the molecule is O=C(NC[C@H]1CCCO1)c1ccc(C(F)(F)F)nc1. The van der Waals surface area contributed by atoms with Crippen molar-refractivity contribution in [2.24, 2.45) is 0 Å². The molecular weight excluding hydrogens is 261 g/mol. The van der Waals surface area contributed by atoms with Gasteiger partial charge in [0, 0.05) is 19.3 Å². The summed E-state index contributed by atoms with van der Waals surface area (Å²) in [6.07, 6.45) is -1.74. The van der Waals surface area contributed by atoms with Crippen molar-refractivity contribution in [3.05, 3.63) is 29.6 Å². The van der Waals surface area contributed by atoms with Crippen molar-refractivity contribution in [1.29, 1.82) is 0 Å². The summed E-state index contributed by atoms with van der Waals surface area (Å²) in [5, 5.41) is 2.61. The molecule has 7 heteroatoms. The van der Waals surface area contributed by atoms with Gasteiger partial charge in [0.05, 0.1) is 11.7 Å². The summed E-state index contributed by atoms with van der Waals surface area (Å²) in [6, 6.07) is 1.90. The number of carbonyl (C=O) groups is 1. The zero-order chi connectivity index (χ0) is 13.9. The molecule has 1 aromatic heterocycles. The third kappa shape index (κ3) is 3.66. The standard InChI is InChI=1S/C12H13F3N2O2/c13-12(14,15)10-4-3-8(6-16-10)11(18)17-7-9-2-1-5-19-9/h3-4,6,9H,1-2,5,7H2,(H,17,18)/t9-/m1/s1. The summed E-state index contributed by atoms with van der Waals surface area (Å²) >= 11 is 0. The summed E-state index contributed by atoms with van der Waals surface area (Å²) in [6.45, 7) is 1.04. The molecule has 104 valence electrons. The van der Waals surface area contributed by atoms with E-state index in [1.54, 1.807) is 0 Å². The van der Waals surface area contributed by atoms with Crippen LogP contribution in [0.25, 0.3) is 0 Å². The zero-order valence-electron chi connectivity index (χ0n) is 10.0. The van der Waals surface area contributed by atoms with E-state index in [-0.39, 0.29) is 11.7 Å². The molecule has 1 aliphatic heterocycles. The molecule has 1 fully saturated rings. The van der Waals surface area contributed by atoms with Crippen LogP contribution in [0.4, 0.5) is 13.2 Å². The van der Waals surface area contributed by atoms with E-state index < -0.39 is 17.8 Å². The largest absolute Gasteiger partial charge is 0.433 e. The molecule has 1 saturated heterocycles. The van der Waals surface area contributed by atoms with Crippen molar-refractivity contribution in [3.8, 4) is 0 Å². The Labute approximate surface area is 108 Å². The molecule has 4 nitrogen and oxygen atoms in total. The molecule has 1 N–H and O–H groups in total. The first kappa shape index (κ1) is 13.8. The summed E-state index contributed by atoms with van der Waals surface area (Å²) in [5.41, 5.74) is -0.908. The Morgan fingerprint density at radius 3 is 2.79 bits per heavy atom. The Hall–Kier alpha value is -1.63. The predicted molar refractivity (Wildman–Crippen MR) is 60.5 cm³/mol. The second-order valence-electron chi connectivity index (χ2n) is 4.27. The molecule has 0 bridgehead atoms. The first-order valence-corrected chi connectivity index (χ1v) is 5.90. The van der Waals surface area contributed by atoms with Crippen LogP contribution in [0.1, 0.15) is 28.9 Å². The normalized spacial score (nSPS) is 19.4. The van der Waals surface area contributed by atoms with Gasteiger partial charge in [0.1, 0.15) is 5.69 Å². The number of aromatic nitrogens is 1. The topological polar surface area (TPSA) is 51.2 Å². The van der Waals surface area contributed by atoms with Crippen LogP contribution in [0.3, 0.4) is 0 Å². The number of carbonyl (C=O) groups excluding carboxylic acids is 1. The molecule has 2 heterocycles. The monoisotopic (exact) mass is 274 g/mol. The maximum absolute atomic E-state index is 12.3. The quantitative estimate of drug-likeness (QED) is 0.917. The number of nitrogens with zero attached hydrogens (tertiary/aromatic N) is 1. The third-order valence-electron chi connectivity index (χ3n) is 2.83. The minimum absolute atomic E-state index is 0.00800. The second kappa shape index (κ2) is 5.56. The number of pyridine rings is 1. The number of nitrogens with one attached hydrogen (secondary N) is 1. The second-order valence-corrected chi connectivity index (χ2v) is 4.27. The van der Waals surface area contributed by atoms with Gasteiger partial charge in [-0.15, -0.1) is 0 Å². The van der Waals surface area contributed by atoms with Gasteiger partial charge in [-0.1, -0.05) is 0 Å². The van der Waals surface area contributed by atoms with Crippen LogP contribution in [0.2, 0.25) is 0 Å². The lowest BCUT2D eigenvalue weighted by molar-refractivity contribution is -0.141. The molecule has 1 aliphatic rings. The van der Waals surface area contributed by atoms with E-state index in [4.69, 9.17) is 4.74 Å². The highest BCUT2D eigenvalue weighted by Gasteiger charge is 2.32. The molecule has 19 heavy (non-hydrogen) atoms. The molecule has 0 aliphatic carbocycles. The summed E-state index contributed by atoms with van der Waals surface area (Å²) < 4.78 is 42.2. The van der Waals surface area contributed by atoms with Crippen molar-refractivity contribution in [2.75, 3.05) is 13.2 Å². The molecule has 0 spiro atoms. The Balaban J connectivity index is 1.92. The Bertz CT molecular complexity index is 439. The Morgan fingerprint density at radius 1 is 1.47 bits per heavy atom. The zero-order valence-corrected chi connectivity index (χ0v) is 10.0. The van der Waals surface area contributed by atoms with Crippen molar-refractivity contribution < 1.29 is 22.7 Å². The maximum Gasteiger partial charge on any atom is 0.433 e. The number of hydrogen-bond acceptors (Lipinski definition) is 3. The fraction of sp³-hybridized carbons (Fsp3) is 0.500. The van der Waals surface area contributed by atoms with E-state index in [1.807, 2.05) is 0 Å². The first-order chi connectivity index (χ1) is 8.97. The summed E-state index contributed by atoms with van der Waals surface area (Å²) in [7, 11) is 0. The summed E-state index contributed by atoms with van der Waals surface area (Å²) in [4.78, 5) is 14.9. The van der Waals surface area contributed by atoms with Crippen LogP contribution in [0.5, 0.6) is 0 Å². The Morgan fingerprint density at radius 2 is 2.26 bits per heavy atom. The molecule has 0 radical (unpaired) electrons. The fourth-order valence-electron chi connectivity index (χ4n) is 1.81. The van der Waals surface area contributed by atoms with Crippen LogP contribution in [0.15, 0.2) is 18.3 Å². The van der Waals surface area contributed by atoms with Gasteiger partial charge in [-0.25, -0.2) is 0 Å². The highest BCUT2D eigenvalue weighted by Crippen LogP contribution is 2.27. The van der Waals surface area contributed by atoms with Gasteiger partial charge in [0.2, 0.25) is 0 Å². The van der Waals surface area contributed by atoms with Gasteiger partial charge in [0.25, 0.3) is 5.91 Å². The van der Waals surface area contributed by atoms with E-state index in [9.17, 15) is 18.0 Å². The van der Waals surface area contributed by atoms with Crippen LogP contribution < -0.4 is 5.32 Å². The number of alkyl halides is 3. The molecular formula is C12H13F3N2O2. The lowest BCUT2D eigenvalue weighted by Gasteiger charge is -2.11. The van der Waals surface area contributed by atoms with Gasteiger partial charge < -0.3 is 10.1 Å². The average molecular weight is 274 g/mol. The van der Waals surface area contributed by atoms with Crippen molar-refractivity contribution in [3.63, 3.8) is 0 Å². The van der Waals surface area contributed by atoms with Gasteiger partial charge >= 0.3 is 6.18 Å². The van der Waals surface area contributed by atoms with E-state index in [1.165, 1.54) is 0 Å². The highest BCUT2D eigenvalue weighted by molar-refractivity contribution is 5.93. The smallest absolute Gasteiger partial charge is 0.376 e. The number of halogens is 3. The lowest BCUT2D eigenvalue weighted by atomic mass is 10.2. The van der Waals surface area contributed by atoms with Crippen LogP contribution in [-0.2, 0) is 10.9 Å².